The molecule has 0 aromatic heterocycles. The first-order valence-corrected chi connectivity index (χ1v) is 10.3. The molecule has 0 radical (unpaired) electrons. The lowest BCUT2D eigenvalue weighted by Gasteiger charge is -2.35. The number of piperazine rings is 1. The first-order chi connectivity index (χ1) is 14.6. The number of hydrogen-bond donors (Lipinski definition) is 1. The van der Waals surface area contributed by atoms with Gasteiger partial charge in [-0.15, -0.1) is 0 Å². The third-order valence-corrected chi connectivity index (χ3v) is 5.13. The van der Waals surface area contributed by atoms with Crippen LogP contribution >= 0.6 is 0 Å². The van der Waals surface area contributed by atoms with Crippen molar-refractivity contribution in [3.8, 4) is 5.75 Å². The molecule has 0 amide bonds. The summed E-state index contributed by atoms with van der Waals surface area (Å²) < 4.78 is 10.3. The molecule has 160 valence electrons. The first-order valence-electron chi connectivity index (χ1n) is 10.3. The van der Waals surface area contributed by atoms with E-state index in [0.29, 0.717) is 17.9 Å². The Morgan fingerprint density at radius 1 is 1.03 bits per heavy atom. The van der Waals surface area contributed by atoms with Gasteiger partial charge in [-0.05, 0) is 29.8 Å². The van der Waals surface area contributed by atoms with Gasteiger partial charge in [0.05, 0.1) is 12.7 Å². The van der Waals surface area contributed by atoms with E-state index in [0.717, 1.165) is 32.7 Å². The van der Waals surface area contributed by atoms with Gasteiger partial charge in [0, 0.05) is 39.3 Å². The van der Waals surface area contributed by atoms with Gasteiger partial charge in [0.2, 0.25) is 0 Å². The van der Waals surface area contributed by atoms with Gasteiger partial charge in [-0.1, -0.05) is 42.5 Å². The van der Waals surface area contributed by atoms with Crippen LogP contribution in [0.1, 0.15) is 15.9 Å². The second-order valence-electron chi connectivity index (χ2n) is 7.40. The molecule has 30 heavy (non-hydrogen) atoms. The smallest absolute Gasteiger partial charge is 0.337 e. The van der Waals surface area contributed by atoms with Crippen molar-refractivity contribution in [2.45, 2.75) is 6.10 Å². The van der Waals surface area contributed by atoms with Gasteiger partial charge >= 0.3 is 5.97 Å². The van der Waals surface area contributed by atoms with Gasteiger partial charge in [0.25, 0.3) is 0 Å². The van der Waals surface area contributed by atoms with Crippen LogP contribution in [-0.2, 0) is 4.74 Å². The number of aliphatic hydroxyl groups is 1. The zero-order valence-electron chi connectivity index (χ0n) is 17.4. The van der Waals surface area contributed by atoms with Gasteiger partial charge < -0.3 is 14.6 Å². The molecule has 6 heteroatoms. The first kappa shape index (κ1) is 22.0. The fourth-order valence-electron chi connectivity index (χ4n) is 3.40. The third-order valence-electron chi connectivity index (χ3n) is 5.13. The van der Waals surface area contributed by atoms with Gasteiger partial charge in [-0.2, -0.15) is 0 Å². The fraction of sp³-hybridized carbons (Fsp3) is 0.375. The number of esters is 1. The number of carbonyl (C=O) groups is 1. The molecule has 1 fully saturated rings. The number of aliphatic hydroxyl groups excluding tert-OH is 1. The summed E-state index contributed by atoms with van der Waals surface area (Å²) in [7, 11) is 1.35. The maximum absolute atomic E-state index is 11.4. The molecule has 0 aliphatic carbocycles. The highest BCUT2D eigenvalue weighted by atomic mass is 16.5. The summed E-state index contributed by atoms with van der Waals surface area (Å²) in [5, 5.41) is 10.3. The Kier molecular flexibility index (Phi) is 8.44. The van der Waals surface area contributed by atoms with Crippen LogP contribution in [0, 0.1) is 0 Å². The average Bonchev–Trinajstić information content (AvgIpc) is 2.79. The van der Waals surface area contributed by atoms with Crippen molar-refractivity contribution in [2.75, 3.05) is 53.0 Å². The number of nitrogens with zero attached hydrogens (tertiary/aromatic N) is 2. The Balaban J connectivity index is 1.33. The summed E-state index contributed by atoms with van der Waals surface area (Å²) in [4.78, 5) is 16.1. The van der Waals surface area contributed by atoms with Crippen LogP contribution in [0.15, 0.2) is 60.7 Å². The number of methoxy groups -OCH3 is 1. The van der Waals surface area contributed by atoms with Crippen LogP contribution in [0.3, 0.4) is 0 Å². The molecule has 1 saturated heterocycles. The topological polar surface area (TPSA) is 62.2 Å². The Bertz CT molecular complexity index is 800. The van der Waals surface area contributed by atoms with E-state index in [1.165, 1.54) is 12.7 Å². The molecule has 2 aromatic rings. The van der Waals surface area contributed by atoms with E-state index >= 15 is 0 Å². The molecule has 1 N–H and O–H groups in total. The Morgan fingerprint density at radius 2 is 1.70 bits per heavy atom. The van der Waals surface area contributed by atoms with Crippen LogP contribution in [0.5, 0.6) is 5.75 Å². The molecule has 0 spiro atoms. The maximum Gasteiger partial charge on any atom is 0.337 e. The summed E-state index contributed by atoms with van der Waals surface area (Å²) in [6.07, 6.45) is 3.81. The lowest BCUT2D eigenvalue weighted by molar-refractivity contribution is 0.0481. The molecule has 3 rings (SSSR count). The van der Waals surface area contributed by atoms with Crippen LogP contribution in [0.4, 0.5) is 0 Å². The fourth-order valence-corrected chi connectivity index (χ4v) is 3.40. The van der Waals surface area contributed by atoms with Crippen LogP contribution in [0.2, 0.25) is 0 Å². The normalized spacial score (nSPS) is 16.5. The Hall–Kier alpha value is -2.67. The van der Waals surface area contributed by atoms with Gasteiger partial charge in [-0.25, -0.2) is 4.79 Å². The number of β-amino-alcohol motifs (C(OH)–C–C–N with tert-alkyl or cyclic N) is 1. The lowest BCUT2D eigenvalue weighted by Crippen LogP contribution is -2.49. The predicted octanol–water partition coefficient (Wildman–Crippen LogP) is 2.54. The molecule has 6 nitrogen and oxygen atoms in total. The Morgan fingerprint density at radius 3 is 2.37 bits per heavy atom. The van der Waals surface area contributed by atoms with Crippen molar-refractivity contribution < 1.29 is 19.4 Å². The van der Waals surface area contributed by atoms with Gasteiger partial charge in [0.1, 0.15) is 18.5 Å². The molecule has 1 aliphatic heterocycles. The Labute approximate surface area is 178 Å². The minimum atomic E-state index is -0.560. The predicted molar refractivity (Wildman–Crippen MR) is 118 cm³/mol. The minimum absolute atomic E-state index is 0.220. The van der Waals surface area contributed by atoms with E-state index in [1.807, 2.05) is 18.2 Å². The molecule has 1 aliphatic rings. The summed E-state index contributed by atoms with van der Waals surface area (Å²) in [5.41, 5.74) is 1.70. The second kappa shape index (κ2) is 11.5. The molecule has 0 saturated carbocycles. The highest BCUT2D eigenvalue weighted by Gasteiger charge is 2.19. The van der Waals surface area contributed by atoms with E-state index in [4.69, 9.17) is 4.74 Å². The maximum atomic E-state index is 11.4. The van der Waals surface area contributed by atoms with E-state index in [9.17, 15) is 9.90 Å². The van der Waals surface area contributed by atoms with Crippen molar-refractivity contribution in [1.29, 1.82) is 0 Å². The number of ether oxygens (including phenoxy) is 2. The number of rotatable bonds is 9. The largest absolute Gasteiger partial charge is 0.491 e. The van der Waals surface area contributed by atoms with Crippen molar-refractivity contribution in [1.82, 2.24) is 9.80 Å². The third kappa shape index (κ3) is 6.99. The van der Waals surface area contributed by atoms with Gasteiger partial charge in [-0.3, -0.25) is 9.80 Å². The average molecular weight is 411 g/mol. The zero-order valence-corrected chi connectivity index (χ0v) is 17.4. The summed E-state index contributed by atoms with van der Waals surface area (Å²) in [6.45, 7) is 5.60. The van der Waals surface area contributed by atoms with E-state index < -0.39 is 6.10 Å². The zero-order chi connectivity index (χ0) is 21.2. The molecular weight excluding hydrogens is 380 g/mol. The monoisotopic (exact) mass is 410 g/mol. The SMILES string of the molecule is COC(=O)c1ccc(OCC(O)CN2CCN(CC=Cc3ccccc3)CC2)cc1. The summed E-state index contributed by atoms with van der Waals surface area (Å²) in [5.74, 6) is 0.244. The van der Waals surface area contributed by atoms with Crippen molar-refractivity contribution in [3.05, 3.63) is 71.8 Å². The van der Waals surface area contributed by atoms with Crippen molar-refractivity contribution >= 4 is 12.0 Å². The summed E-state index contributed by atoms with van der Waals surface area (Å²) >= 11 is 0. The molecular formula is C24H30N2O4. The number of benzene rings is 2. The van der Waals surface area contributed by atoms with Crippen molar-refractivity contribution in [2.24, 2.45) is 0 Å². The lowest BCUT2D eigenvalue weighted by atomic mass is 10.2. The highest BCUT2D eigenvalue weighted by Crippen LogP contribution is 2.13. The van der Waals surface area contributed by atoms with Gasteiger partial charge in [0.15, 0.2) is 0 Å². The second-order valence-corrected chi connectivity index (χ2v) is 7.40. The van der Waals surface area contributed by atoms with Crippen LogP contribution in [-0.4, -0.2) is 80.0 Å². The molecule has 2 aromatic carbocycles. The molecule has 1 unspecified atom stereocenters. The minimum Gasteiger partial charge on any atom is -0.491 e. The van der Waals surface area contributed by atoms with E-state index in [-0.39, 0.29) is 12.6 Å². The molecule has 1 atom stereocenters. The number of hydrogen-bond acceptors (Lipinski definition) is 6. The number of carbonyl (C=O) groups excluding carboxylic acids is 1. The van der Waals surface area contributed by atoms with E-state index in [1.54, 1.807) is 24.3 Å². The van der Waals surface area contributed by atoms with E-state index in [2.05, 4.69) is 38.8 Å². The highest BCUT2D eigenvalue weighted by molar-refractivity contribution is 5.89. The summed E-state index contributed by atoms with van der Waals surface area (Å²) in [6, 6.07) is 17.0. The van der Waals surface area contributed by atoms with Crippen LogP contribution in [0.25, 0.3) is 6.08 Å². The molecule has 0 bridgehead atoms. The molecule has 1 heterocycles. The van der Waals surface area contributed by atoms with Crippen molar-refractivity contribution in [3.63, 3.8) is 0 Å². The standard InChI is InChI=1S/C24H30N2O4/c1-29-24(28)21-9-11-23(12-10-21)30-19-22(27)18-26-16-14-25(15-17-26)13-5-8-20-6-3-2-4-7-20/h2-12,22,27H,13-19H2,1H3. The quantitative estimate of drug-likeness (QED) is 0.641. The van der Waals surface area contributed by atoms with Crippen LogP contribution < -0.4 is 4.74 Å².